The lowest BCUT2D eigenvalue weighted by molar-refractivity contribution is 0.0946. The second-order valence-electron chi connectivity index (χ2n) is 9.54. The number of benzene rings is 2. The van der Waals surface area contributed by atoms with Crippen LogP contribution in [0.1, 0.15) is 60.1 Å². The van der Waals surface area contributed by atoms with Crippen molar-refractivity contribution >= 4 is 5.91 Å². The lowest BCUT2D eigenvalue weighted by Crippen LogP contribution is -2.39. The molecule has 1 saturated carbocycles. The Hall–Kier alpha value is -2.99. The average Bonchev–Trinajstić information content (AvgIpc) is 3.51. The molecule has 1 aliphatic carbocycles. The number of likely N-dealkylation sites (tertiary alicyclic amines) is 1. The summed E-state index contributed by atoms with van der Waals surface area (Å²) in [5.74, 6) is -0.100. The molecule has 0 spiro atoms. The third-order valence-corrected chi connectivity index (χ3v) is 6.89. The van der Waals surface area contributed by atoms with E-state index in [0.29, 0.717) is 17.8 Å². The normalized spacial score (nSPS) is 18.9. The number of hydrogen-bond donors (Lipinski definition) is 1. The van der Waals surface area contributed by atoms with Gasteiger partial charge in [-0.05, 0) is 73.9 Å². The van der Waals surface area contributed by atoms with Crippen LogP contribution in [0.2, 0.25) is 0 Å². The average molecular weight is 444 g/mol. The third-order valence-electron chi connectivity index (χ3n) is 6.89. The van der Waals surface area contributed by atoms with Crippen molar-refractivity contribution in [1.82, 2.24) is 25.2 Å². The van der Waals surface area contributed by atoms with E-state index in [1.807, 2.05) is 4.68 Å². The molecule has 2 fully saturated rings. The molecule has 1 aliphatic heterocycles. The summed E-state index contributed by atoms with van der Waals surface area (Å²) in [5.41, 5.74) is 5.70. The third kappa shape index (κ3) is 5.50. The first kappa shape index (κ1) is 21.8. The van der Waals surface area contributed by atoms with Gasteiger partial charge in [-0.25, -0.2) is 0 Å². The maximum atomic E-state index is 12.2. The lowest BCUT2D eigenvalue weighted by Gasteiger charge is -2.36. The fourth-order valence-electron chi connectivity index (χ4n) is 4.84. The predicted molar refractivity (Wildman–Crippen MR) is 130 cm³/mol. The van der Waals surface area contributed by atoms with Gasteiger partial charge in [0.1, 0.15) is 0 Å². The minimum absolute atomic E-state index is 0.100. The molecule has 1 atom stereocenters. The van der Waals surface area contributed by atoms with Gasteiger partial charge in [0, 0.05) is 25.2 Å². The van der Waals surface area contributed by atoms with Gasteiger partial charge in [-0.1, -0.05) is 54.1 Å². The molecule has 0 radical (unpaired) electrons. The van der Waals surface area contributed by atoms with Gasteiger partial charge in [-0.2, -0.15) is 0 Å². The molecule has 6 nitrogen and oxygen atoms in total. The van der Waals surface area contributed by atoms with Crippen molar-refractivity contribution in [3.05, 3.63) is 71.5 Å². The number of aromatic nitrogens is 3. The summed E-state index contributed by atoms with van der Waals surface area (Å²) in [4.78, 5) is 14.8. The highest BCUT2D eigenvalue weighted by Crippen LogP contribution is 2.27. The minimum atomic E-state index is -0.100. The summed E-state index contributed by atoms with van der Waals surface area (Å²) in [6.45, 7) is 5.06. The van der Waals surface area contributed by atoms with Crippen molar-refractivity contribution in [1.29, 1.82) is 0 Å². The predicted octanol–water partition coefficient (Wildman–Crippen LogP) is 4.59. The van der Waals surface area contributed by atoms with Gasteiger partial charge in [0.05, 0.1) is 6.20 Å². The molecular formula is C27H33N5O. The number of rotatable bonds is 8. The van der Waals surface area contributed by atoms with Crippen LogP contribution in [0, 0.1) is 6.92 Å². The molecule has 33 heavy (non-hydrogen) atoms. The highest BCUT2D eigenvalue weighted by atomic mass is 16.2. The maximum Gasteiger partial charge on any atom is 0.273 e. The smallest absolute Gasteiger partial charge is 0.273 e. The van der Waals surface area contributed by atoms with Gasteiger partial charge < -0.3 is 5.32 Å². The van der Waals surface area contributed by atoms with Crippen LogP contribution in [-0.2, 0) is 13.1 Å². The molecule has 0 unspecified atom stereocenters. The first-order chi connectivity index (χ1) is 16.2. The highest BCUT2D eigenvalue weighted by molar-refractivity contribution is 5.92. The number of carbonyl (C=O) groups is 1. The second-order valence-corrected chi connectivity index (χ2v) is 9.54. The molecule has 0 bridgehead atoms. The van der Waals surface area contributed by atoms with E-state index in [1.165, 1.54) is 41.5 Å². The topological polar surface area (TPSA) is 63.1 Å². The quantitative estimate of drug-likeness (QED) is 0.553. The van der Waals surface area contributed by atoms with Crippen LogP contribution in [0.25, 0.3) is 11.1 Å². The van der Waals surface area contributed by atoms with Crippen LogP contribution < -0.4 is 5.32 Å². The fraction of sp³-hybridized carbons (Fsp3) is 0.444. The zero-order valence-electron chi connectivity index (χ0n) is 19.4. The second kappa shape index (κ2) is 9.87. The van der Waals surface area contributed by atoms with E-state index in [0.717, 1.165) is 38.9 Å². The van der Waals surface area contributed by atoms with E-state index in [2.05, 4.69) is 76.0 Å². The summed E-state index contributed by atoms with van der Waals surface area (Å²) in [7, 11) is 0. The number of amides is 1. The van der Waals surface area contributed by atoms with Crippen molar-refractivity contribution in [2.24, 2.45) is 0 Å². The Morgan fingerprint density at radius 3 is 2.82 bits per heavy atom. The fourth-order valence-corrected chi connectivity index (χ4v) is 4.84. The van der Waals surface area contributed by atoms with Crippen LogP contribution in [0.5, 0.6) is 0 Å². The molecule has 1 N–H and O–H groups in total. The Morgan fingerprint density at radius 1 is 1.09 bits per heavy atom. The van der Waals surface area contributed by atoms with E-state index in [-0.39, 0.29) is 5.91 Å². The molecule has 2 heterocycles. The van der Waals surface area contributed by atoms with E-state index in [1.54, 1.807) is 6.20 Å². The van der Waals surface area contributed by atoms with Crippen LogP contribution in [0.4, 0.5) is 0 Å². The zero-order valence-corrected chi connectivity index (χ0v) is 19.4. The molecule has 2 aromatic carbocycles. The van der Waals surface area contributed by atoms with Gasteiger partial charge in [-0.3, -0.25) is 14.4 Å². The Morgan fingerprint density at radius 2 is 1.97 bits per heavy atom. The number of nitrogens with one attached hydrogen (secondary N) is 1. The molecule has 2 aliphatic rings. The van der Waals surface area contributed by atoms with Gasteiger partial charge in [0.2, 0.25) is 0 Å². The van der Waals surface area contributed by atoms with E-state index in [4.69, 9.17) is 0 Å². The summed E-state index contributed by atoms with van der Waals surface area (Å²) >= 11 is 0. The largest absolute Gasteiger partial charge is 0.348 e. The van der Waals surface area contributed by atoms with Crippen LogP contribution in [0.15, 0.2) is 54.7 Å². The van der Waals surface area contributed by atoms with E-state index >= 15 is 0 Å². The Bertz CT molecular complexity index is 1100. The first-order valence-electron chi connectivity index (χ1n) is 12.3. The molecule has 1 amide bonds. The van der Waals surface area contributed by atoms with Crippen molar-refractivity contribution in [2.45, 2.75) is 70.6 Å². The molecule has 6 heteroatoms. The van der Waals surface area contributed by atoms with Crippen LogP contribution in [0.3, 0.4) is 0 Å². The first-order valence-corrected chi connectivity index (χ1v) is 12.3. The molecule has 1 saturated heterocycles. The summed E-state index contributed by atoms with van der Waals surface area (Å²) < 4.78 is 1.83. The number of piperidine rings is 1. The molecule has 3 aromatic rings. The number of hydrogen-bond acceptors (Lipinski definition) is 4. The highest BCUT2D eigenvalue weighted by Gasteiger charge is 2.26. The number of nitrogens with zero attached hydrogens (tertiary/aromatic N) is 4. The van der Waals surface area contributed by atoms with Gasteiger partial charge in [0.25, 0.3) is 5.91 Å². The Balaban J connectivity index is 1.21. The lowest BCUT2D eigenvalue weighted by atomic mass is 9.96. The van der Waals surface area contributed by atoms with Crippen molar-refractivity contribution < 1.29 is 4.79 Å². The Kier molecular flexibility index (Phi) is 6.53. The Labute approximate surface area is 196 Å². The van der Waals surface area contributed by atoms with E-state index in [9.17, 15) is 4.79 Å². The molecular weight excluding hydrogens is 410 g/mol. The molecule has 1 aromatic heterocycles. The molecule has 5 rings (SSSR count). The van der Waals surface area contributed by atoms with E-state index < -0.39 is 0 Å². The van der Waals surface area contributed by atoms with Gasteiger partial charge in [-0.15, -0.1) is 5.10 Å². The number of aryl methyl sites for hydroxylation is 2. The van der Waals surface area contributed by atoms with Crippen molar-refractivity contribution in [3.63, 3.8) is 0 Å². The maximum absolute atomic E-state index is 12.2. The van der Waals surface area contributed by atoms with Crippen molar-refractivity contribution in [2.75, 3.05) is 6.54 Å². The van der Waals surface area contributed by atoms with Crippen LogP contribution in [-0.4, -0.2) is 44.4 Å². The monoisotopic (exact) mass is 443 g/mol. The SMILES string of the molecule is Cc1ccccc1-c1cccc(CN2CCCC[C@H]2CCn2cc(C(=O)NC3CC3)nn2)c1. The summed E-state index contributed by atoms with van der Waals surface area (Å²) in [5, 5.41) is 11.3. The summed E-state index contributed by atoms with van der Waals surface area (Å²) in [6.07, 6.45) is 8.69. The standard InChI is InChI=1S/C27H33N5O/c1-20-7-2-3-11-25(20)22-9-6-8-21(17-22)18-31-15-5-4-10-24(31)14-16-32-19-26(29-30-32)27(33)28-23-12-13-23/h2-3,6-9,11,17,19,23-24H,4-5,10,12-16,18H2,1H3,(H,28,33)/t24-/m0/s1. The molecule has 172 valence electrons. The van der Waals surface area contributed by atoms with Gasteiger partial charge >= 0.3 is 0 Å². The summed E-state index contributed by atoms with van der Waals surface area (Å²) in [6, 6.07) is 18.4. The zero-order chi connectivity index (χ0) is 22.6. The van der Waals surface area contributed by atoms with Gasteiger partial charge in [0.15, 0.2) is 5.69 Å². The van der Waals surface area contributed by atoms with Crippen LogP contribution >= 0.6 is 0 Å². The minimum Gasteiger partial charge on any atom is -0.348 e. The number of carbonyl (C=O) groups excluding carboxylic acids is 1. The van der Waals surface area contributed by atoms with Crippen molar-refractivity contribution in [3.8, 4) is 11.1 Å².